The van der Waals surface area contributed by atoms with Crippen molar-refractivity contribution in [2.24, 2.45) is 10.7 Å². The normalized spacial score (nSPS) is 18.5. The number of halogens is 4. The highest BCUT2D eigenvalue weighted by molar-refractivity contribution is 6.31. The van der Waals surface area contributed by atoms with Gasteiger partial charge in [0.2, 0.25) is 0 Å². The summed E-state index contributed by atoms with van der Waals surface area (Å²) in [5, 5.41) is 8.05. The van der Waals surface area contributed by atoms with E-state index >= 15 is 0 Å². The number of carbonyl (C=O) groups is 1. The Labute approximate surface area is 206 Å². The summed E-state index contributed by atoms with van der Waals surface area (Å²) in [6.07, 6.45) is -0.644. The maximum Gasteiger partial charge on any atom is 0.417 e. The Balaban J connectivity index is 1.37. The van der Waals surface area contributed by atoms with Crippen LogP contribution < -0.4 is 21.7 Å². The smallest absolute Gasteiger partial charge is 0.386 e. The van der Waals surface area contributed by atoms with Gasteiger partial charge in [-0.05, 0) is 48.7 Å². The summed E-state index contributed by atoms with van der Waals surface area (Å²) in [6.45, 7) is 2.68. The van der Waals surface area contributed by atoms with Gasteiger partial charge in [0.1, 0.15) is 5.84 Å². The molecule has 0 aliphatic carbocycles. The molecule has 1 saturated heterocycles. The zero-order valence-electron chi connectivity index (χ0n) is 18.8. The summed E-state index contributed by atoms with van der Waals surface area (Å²) in [5.74, 6) is 0.578. The third-order valence-electron chi connectivity index (χ3n) is 5.94. The van der Waals surface area contributed by atoms with Crippen molar-refractivity contribution in [2.45, 2.75) is 31.6 Å². The van der Waals surface area contributed by atoms with E-state index < -0.39 is 22.8 Å². The Morgan fingerprint density at radius 1 is 1.23 bits per heavy atom. The quantitative estimate of drug-likeness (QED) is 0.483. The van der Waals surface area contributed by atoms with Crippen molar-refractivity contribution in [1.82, 2.24) is 15.5 Å². The van der Waals surface area contributed by atoms with Gasteiger partial charge in [-0.2, -0.15) is 13.2 Å². The van der Waals surface area contributed by atoms with Gasteiger partial charge >= 0.3 is 12.2 Å². The average molecular weight is 507 g/mol. The van der Waals surface area contributed by atoms with E-state index in [1.165, 1.54) is 6.07 Å². The first kappa shape index (κ1) is 24.9. The number of rotatable bonds is 5. The zero-order chi connectivity index (χ0) is 25.0. The van der Waals surface area contributed by atoms with Crippen molar-refractivity contribution in [3.8, 4) is 0 Å². The fourth-order valence-corrected chi connectivity index (χ4v) is 4.38. The van der Waals surface area contributed by atoms with Crippen LogP contribution in [-0.2, 0) is 12.7 Å². The number of nitrogens with zero attached hydrogens (tertiary/aromatic N) is 2. The minimum absolute atomic E-state index is 0.00377. The van der Waals surface area contributed by atoms with Crippen molar-refractivity contribution < 1.29 is 18.0 Å². The van der Waals surface area contributed by atoms with Crippen molar-refractivity contribution in [3.63, 3.8) is 0 Å². The number of urea groups is 1. The molecule has 2 aliphatic rings. The lowest BCUT2D eigenvalue weighted by Crippen LogP contribution is -2.48. The lowest BCUT2D eigenvalue weighted by Gasteiger charge is -2.39. The fourth-order valence-electron chi connectivity index (χ4n) is 4.16. The molecule has 35 heavy (non-hydrogen) atoms. The van der Waals surface area contributed by atoms with Crippen LogP contribution in [0.5, 0.6) is 0 Å². The molecule has 2 aliphatic heterocycles. The van der Waals surface area contributed by atoms with Gasteiger partial charge in [-0.25, -0.2) is 9.79 Å². The average Bonchev–Trinajstić information content (AvgIpc) is 2.84. The largest absolute Gasteiger partial charge is 0.417 e. The highest BCUT2D eigenvalue weighted by atomic mass is 35.5. The molecule has 2 heterocycles. The van der Waals surface area contributed by atoms with Crippen molar-refractivity contribution in [1.29, 1.82) is 0 Å². The summed E-state index contributed by atoms with van der Waals surface area (Å²) >= 11 is 5.62. The van der Waals surface area contributed by atoms with Crippen LogP contribution in [0.15, 0.2) is 53.7 Å². The molecule has 2 aromatic rings. The minimum atomic E-state index is -4.61. The molecule has 1 atom stereocenters. The Bertz CT molecular complexity index is 1130. The molecule has 5 N–H and O–H groups in total. The van der Waals surface area contributed by atoms with E-state index in [1.807, 2.05) is 24.3 Å². The maximum atomic E-state index is 13.0. The number of anilines is 1. The summed E-state index contributed by atoms with van der Waals surface area (Å²) in [6, 6.07) is 10.6. The molecule has 0 bridgehead atoms. The van der Waals surface area contributed by atoms with Crippen LogP contribution in [0.1, 0.15) is 29.5 Å². The highest BCUT2D eigenvalue weighted by Gasteiger charge is 2.33. The number of amidine groups is 1. The van der Waals surface area contributed by atoms with Gasteiger partial charge in [0.25, 0.3) is 0 Å². The summed E-state index contributed by atoms with van der Waals surface area (Å²) in [4.78, 5) is 18.8. The maximum absolute atomic E-state index is 13.0. The molecule has 0 aromatic heterocycles. The molecule has 11 heteroatoms. The Morgan fingerprint density at radius 3 is 2.69 bits per heavy atom. The molecule has 186 valence electrons. The predicted molar refractivity (Wildman–Crippen MR) is 131 cm³/mol. The second-order valence-electron chi connectivity index (χ2n) is 8.46. The lowest BCUT2D eigenvalue weighted by molar-refractivity contribution is -0.137. The first-order valence-electron chi connectivity index (χ1n) is 11.2. The molecule has 1 unspecified atom stereocenters. The molecule has 0 saturated carbocycles. The third-order valence-corrected chi connectivity index (χ3v) is 6.27. The number of hydrogen-bond acceptors (Lipinski definition) is 5. The van der Waals surface area contributed by atoms with Crippen LogP contribution in [0, 0.1) is 0 Å². The van der Waals surface area contributed by atoms with Gasteiger partial charge in [-0.1, -0.05) is 35.9 Å². The van der Waals surface area contributed by atoms with E-state index in [0.29, 0.717) is 18.4 Å². The number of nitrogens with two attached hydrogens (primary N) is 1. The monoisotopic (exact) mass is 506 g/mol. The van der Waals surface area contributed by atoms with Gasteiger partial charge in [-0.15, -0.1) is 0 Å². The van der Waals surface area contributed by atoms with E-state index in [9.17, 15) is 18.0 Å². The number of alkyl halides is 3. The molecule has 1 fully saturated rings. The second-order valence-corrected chi connectivity index (χ2v) is 8.87. The van der Waals surface area contributed by atoms with E-state index in [1.54, 1.807) is 6.20 Å². The number of aliphatic imine (C=N–C) groups is 1. The van der Waals surface area contributed by atoms with E-state index in [-0.39, 0.29) is 12.2 Å². The molecule has 0 radical (unpaired) electrons. The van der Waals surface area contributed by atoms with E-state index in [0.717, 1.165) is 54.9 Å². The molecule has 4 rings (SSSR count). The summed E-state index contributed by atoms with van der Waals surface area (Å²) < 4.78 is 39.0. The number of nitrogens with one attached hydrogen (secondary N) is 3. The van der Waals surface area contributed by atoms with Crippen LogP contribution in [0.3, 0.4) is 0 Å². The number of benzene rings is 2. The number of amides is 2. The SMILES string of the molecule is NC1=NC=C(c2ccc(CNC(=O)Nc3ccc(Cl)c(C(F)(F)F)c3)cc2)N(C2CCCNC2)C1. The van der Waals surface area contributed by atoms with Gasteiger partial charge in [0, 0.05) is 24.8 Å². The lowest BCUT2D eigenvalue weighted by atomic mass is 10.0. The summed E-state index contributed by atoms with van der Waals surface area (Å²) in [5.41, 5.74) is 7.80. The standard InChI is InChI=1S/C24H26ClF3N6O/c25-20-8-7-17(10-19(20)24(26,27)28)33-23(35)32-11-15-3-5-16(6-4-15)21-13-31-22(29)14-34(21)18-2-1-9-30-12-18/h3-8,10,13,18,30H,1-2,9,11-12,14H2,(H2,29,31)(H2,32,33,35). The molecule has 2 amide bonds. The number of hydrogen-bond donors (Lipinski definition) is 4. The Hall–Kier alpha value is -3.24. The van der Waals surface area contributed by atoms with Gasteiger partial charge in [0.05, 0.1) is 29.0 Å². The van der Waals surface area contributed by atoms with Crippen molar-refractivity contribution >= 4 is 34.9 Å². The molecule has 7 nitrogen and oxygen atoms in total. The molecule has 2 aromatic carbocycles. The van der Waals surface area contributed by atoms with Crippen molar-refractivity contribution in [2.75, 3.05) is 25.0 Å². The first-order valence-corrected chi connectivity index (χ1v) is 11.6. The van der Waals surface area contributed by atoms with Gasteiger partial charge < -0.3 is 26.6 Å². The number of piperidine rings is 1. The minimum Gasteiger partial charge on any atom is -0.386 e. The van der Waals surface area contributed by atoms with Gasteiger partial charge in [0.15, 0.2) is 0 Å². The van der Waals surface area contributed by atoms with Crippen molar-refractivity contribution in [3.05, 3.63) is 70.4 Å². The van der Waals surface area contributed by atoms with Crippen LogP contribution >= 0.6 is 11.6 Å². The van der Waals surface area contributed by atoms with Gasteiger partial charge in [-0.3, -0.25) is 0 Å². The summed E-state index contributed by atoms with van der Waals surface area (Å²) in [7, 11) is 0. The predicted octanol–water partition coefficient (Wildman–Crippen LogP) is 4.40. The second kappa shape index (κ2) is 10.6. The first-order chi connectivity index (χ1) is 16.7. The highest BCUT2D eigenvalue weighted by Crippen LogP contribution is 2.36. The topological polar surface area (TPSA) is 94.8 Å². The fraction of sp³-hybridized carbons (Fsp3) is 0.333. The molecule has 0 spiro atoms. The van der Waals surface area contributed by atoms with E-state index in [2.05, 4.69) is 25.8 Å². The molecular formula is C24H26ClF3N6O. The van der Waals surface area contributed by atoms with E-state index in [4.69, 9.17) is 17.3 Å². The number of carbonyl (C=O) groups excluding carboxylic acids is 1. The van der Waals surface area contributed by atoms with Crippen LogP contribution in [-0.4, -0.2) is 42.4 Å². The molecular weight excluding hydrogens is 481 g/mol. The zero-order valence-corrected chi connectivity index (χ0v) is 19.6. The Kier molecular flexibility index (Phi) is 7.51. The Morgan fingerprint density at radius 2 is 2.00 bits per heavy atom. The van der Waals surface area contributed by atoms with Crippen LogP contribution in [0.4, 0.5) is 23.7 Å². The van der Waals surface area contributed by atoms with Crippen LogP contribution in [0.25, 0.3) is 5.70 Å². The van der Waals surface area contributed by atoms with Crippen LogP contribution in [0.2, 0.25) is 5.02 Å². The third kappa shape index (κ3) is 6.26.